The average Bonchev–Trinajstić information content (AvgIpc) is 2.21. The number of hydrogen-bond donors (Lipinski definition) is 2. The number of carboxylic acids is 1. The minimum Gasteiger partial charge on any atom is -0.513 e. The number of carbonyl (C=O) groups is 1. The summed E-state index contributed by atoms with van der Waals surface area (Å²) < 4.78 is 13.0. The van der Waals surface area contributed by atoms with E-state index in [2.05, 4.69) is 10.2 Å². The fourth-order valence-electron chi connectivity index (χ4n) is 0.764. The molecule has 0 aliphatic heterocycles. The van der Waals surface area contributed by atoms with Crippen LogP contribution in [0.3, 0.4) is 0 Å². The predicted molar refractivity (Wildman–Crippen MR) is 49.3 cm³/mol. The van der Waals surface area contributed by atoms with Crippen LogP contribution in [0.5, 0.6) is 0 Å². The molecule has 1 rings (SSSR count). The van der Waals surface area contributed by atoms with Gasteiger partial charge in [-0.15, -0.1) is 10.2 Å². The van der Waals surface area contributed by atoms with Gasteiger partial charge in [-0.05, 0) is 12.1 Å². The number of halogens is 1. The lowest BCUT2D eigenvalue weighted by molar-refractivity contribution is -0.132. The van der Waals surface area contributed by atoms with Gasteiger partial charge in [-0.25, -0.2) is 9.18 Å². The first-order valence-electron chi connectivity index (χ1n) is 3.89. The summed E-state index contributed by atoms with van der Waals surface area (Å²) in [4.78, 5) is 10.4. The SMILES string of the molecule is O=C(O)C(=CO)N=Nc1ccccc1F. The van der Waals surface area contributed by atoms with Gasteiger partial charge in [0.15, 0.2) is 5.82 Å². The molecule has 1 aromatic carbocycles. The van der Waals surface area contributed by atoms with Gasteiger partial charge in [-0.2, -0.15) is 0 Å². The third-order valence-corrected chi connectivity index (χ3v) is 1.46. The van der Waals surface area contributed by atoms with Crippen molar-refractivity contribution in [3.63, 3.8) is 0 Å². The first-order valence-corrected chi connectivity index (χ1v) is 3.89. The second-order valence-electron chi connectivity index (χ2n) is 2.47. The Hall–Kier alpha value is -2.24. The van der Waals surface area contributed by atoms with E-state index in [0.717, 1.165) is 6.07 Å². The molecule has 78 valence electrons. The fourth-order valence-corrected chi connectivity index (χ4v) is 0.764. The normalized spacial score (nSPS) is 11.9. The van der Waals surface area contributed by atoms with Crippen molar-refractivity contribution in [3.05, 3.63) is 42.0 Å². The maximum atomic E-state index is 13.0. The number of azo groups is 1. The second kappa shape index (κ2) is 4.85. The lowest BCUT2D eigenvalue weighted by atomic mass is 10.3. The molecular formula is C9H7FN2O3. The quantitative estimate of drug-likeness (QED) is 0.456. The van der Waals surface area contributed by atoms with E-state index in [4.69, 9.17) is 10.2 Å². The van der Waals surface area contributed by atoms with Crippen LogP contribution >= 0.6 is 0 Å². The molecule has 0 heterocycles. The summed E-state index contributed by atoms with van der Waals surface area (Å²) in [6, 6.07) is 5.49. The van der Waals surface area contributed by atoms with Crippen molar-refractivity contribution in [1.82, 2.24) is 0 Å². The van der Waals surface area contributed by atoms with E-state index in [0.29, 0.717) is 0 Å². The predicted octanol–water partition coefficient (Wildman–Crippen LogP) is 2.39. The molecule has 1 aromatic rings. The summed E-state index contributed by atoms with van der Waals surface area (Å²) in [5.41, 5.74) is -0.767. The highest BCUT2D eigenvalue weighted by atomic mass is 19.1. The van der Waals surface area contributed by atoms with Crippen LogP contribution in [0.1, 0.15) is 0 Å². The maximum Gasteiger partial charge on any atom is 0.359 e. The van der Waals surface area contributed by atoms with Crippen LogP contribution in [-0.2, 0) is 4.79 Å². The molecule has 0 aliphatic rings. The molecule has 0 atom stereocenters. The highest BCUT2D eigenvalue weighted by molar-refractivity contribution is 5.85. The highest BCUT2D eigenvalue weighted by Crippen LogP contribution is 2.17. The van der Waals surface area contributed by atoms with Crippen molar-refractivity contribution in [2.24, 2.45) is 10.2 Å². The Labute approximate surface area is 84.2 Å². The van der Waals surface area contributed by atoms with E-state index in [1.54, 1.807) is 0 Å². The van der Waals surface area contributed by atoms with E-state index in [1.807, 2.05) is 0 Å². The van der Waals surface area contributed by atoms with E-state index in [1.165, 1.54) is 18.2 Å². The molecule has 15 heavy (non-hydrogen) atoms. The zero-order chi connectivity index (χ0) is 11.3. The van der Waals surface area contributed by atoms with Gasteiger partial charge in [-0.3, -0.25) is 0 Å². The Balaban J connectivity index is 2.91. The molecule has 0 saturated heterocycles. The van der Waals surface area contributed by atoms with Gasteiger partial charge in [0.25, 0.3) is 0 Å². The van der Waals surface area contributed by atoms with Gasteiger partial charge in [0.2, 0.25) is 5.70 Å². The van der Waals surface area contributed by atoms with Crippen molar-refractivity contribution >= 4 is 11.7 Å². The minimum atomic E-state index is -1.45. The van der Waals surface area contributed by atoms with Crippen molar-refractivity contribution in [3.8, 4) is 0 Å². The molecule has 6 heteroatoms. The number of aliphatic carboxylic acids is 1. The summed E-state index contributed by atoms with van der Waals surface area (Å²) in [5, 5.41) is 23.4. The van der Waals surface area contributed by atoms with Gasteiger partial charge in [-0.1, -0.05) is 12.1 Å². The molecule has 0 unspecified atom stereocenters. The lowest BCUT2D eigenvalue weighted by Crippen LogP contribution is -1.96. The largest absolute Gasteiger partial charge is 0.513 e. The van der Waals surface area contributed by atoms with Gasteiger partial charge in [0.05, 0.1) is 0 Å². The smallest absolute Gasteiger partial charge is 0.359 e. The van der Waals surface area contributed by atoms with Gasteiger partial charge in [0, 0.05) is 0 Å². The summed E-state index contributed by atoms with van der Waals surface area (Å²) >= 11 is 0. The number of hydrogen-bond acceptors (Lipinski definition) is 4. The van der Waals surface area contributed by atoms with E-state index >= 15 is 0 Å². The number of carboxylic acid groups (broad SMARTS) is 1. The third kappa shape index (κ3) is 2.87. The summed E-state index contributed by atoms with van der Waals surface area (Å²) in [5.74, 6) is -2.07. The van der Waals surface area contributed by atoms with Gasteiger partial charge in [0.1, 0.15) is 11.9 Å². The van der Waals surface area contributed by atoms with Crippen molar-refractivity contribution in [2.75, 3.05) is 0 Å². The molecule has 0 aromatic heterocycles. The summed E-state index contributed by atoms with van der Waals surface area (Å²) in [7, 11) is 0. The zero-order valence-corrected chi connectivity index (χ0v) is 7.46. The molecule has 0 spiro atoms. The molecule has 0 fully saturated rings. The minimum absolute atomic E-state index is 0.0990. The second-order valence-corrected chi connectivity index (χ2v) is 2.47. The average molecular weight is 210 g/mol. The van der Waals surface area contributed by atoms with Crippen LogP contribution in [0.25, 0.3) is 0 Å². The van der Waals surface area contributed by atoms with E-state index < -0.39 is 17.5 Å². The maximum absolute atomic E-state index is 13.0. The first kappa shape index (κ1) is 10.8. The van der Waals surface area contributed by atoms with E-state index in [-0.39, 0.29) is 11.9 Å². The molecule has 2 N–H and O–H groups in total. The van der Waals surface area contributed by atoms with Crippen LogP contribution in [-0.4, -0.2) is 16.2 Å². The molecule has 0 aliphatic carbocycles. The Morgan fingerprint density at radius 1 is 1.40 bits per heavy atom. The Morgan fingerprint density at radius 2 is 2.07 bits per heavy atom. The highest BCUT2D eigenvalue weighted by Gasteiger charge is 2.06. The zero-order valence-electron chi connectivity index (χ0n) is 7.46. The molecule has 0 bridgehead atoms. The van der Waals surface area contributed by atoms with Crippen molar-refractivity contribution in [1.29, 1.82) is 0 Å². The molecule has 0 amide bonds. The summed E-state index contributed by atoms with van der Waals surface area (Å²) in [6.07, 6.45) is 0.284. The van der Waals surface area contributed by atoms with Crippen molar-refractivity contribution < 1.29 is 19.4 Å². The molecule has 5 nitrogen and oxygen atoms in total. The summed E-state index contributed by atoms with van der Waals surface area (Å²) in [6.45, 7) is 0. The Bertz CT molecular complexity index is 429. The lowest BCUT2D eigenvalue weighted by Gasteiger charge is -1.93. The molecule has 0 radical (unpaired) electrons. The Kier molecular flexibility index (Phi) is 3.50. The van der Waals surface area contributed by atoms with Crippen LogP contribution in [0.4, 0.5) is 10.1 Å². The number of nitrogens with zero attached hydrogens (tertiary/aromatic N) is 2. The van der Waals surface area contributed by atoms with Gasteiger partial charge >= 0.3 is 5.97 Å². The number of rotatable bonds is 3. The Morgan fingerprint density at radius 3 is 2.60 bits per heavy atom. The standard InChI is InChI=1S/C9H7FN2O3/c10-6-3-1-2-4-7(6)11-12-8(5-13)9(14)15/h1-5,13H,(H,14,15). The third-order valence-electron chi connectivity index (χ3n) is 1.46. The van der Waals surface area contributed by atoms with Crippen LogP contribution < -0.4 is 0 Å². The molecule has 0 saturated carbocycles. The molecular weight excluding hydrogens is 203 g/mol. The topological polar surface area (TPSA) is 82.2 Å². The van der Waals surface area contributed by atoms with Gasteiger partial charge < -0.3 is 10.2 Å². The van der Waals surface area contributed by atoms with Crippen molar-refractivity contribution in [2.45, 2.75) is 0 Å². The monoisotopic (exact) mass is 210 g/mol. The van der Waals surface area contributed by atoms with Crippen LogP contribution in [0.2, 0.25) is 0 Å². The first-order chi connectivity index (χ1) is 7.15. The number of aliphatic hydroxyl groups is 1. The number of aliphatic hydroxyl groups excluding tert-OH is 1. The fraction of sp³-hybridized carbons (Fsp3) is 0. The van der Waals surface area contributed by atoms with E-state index in [9.17, 15) is 9.18 Å². The van der Waals surface area contributed by atoms with Crippen LogP contribution in [0.15, 0.2) is 46.5 Å². The number of benzene rings is 1. The van der Waals surface area contributed by atoms with Crippen LogP contribution in [0, 0.1) is 5.82 Å².